The van der Waals surface area contributed by atoms with E-state index in [2.05, 4.69) is 21.2 Å². The molecule has 2 rings (SSSR count). The zero-order chi connectivity index (χ0) is 21.6. The van der Waals surface area contributed by atoms with Crippen LogP contribution in [0.2, 0.25) is 0 Å². The zero-order valence-electron chi connectivity index (χ0n) is 17.6. The Morgan fingerprint density at radius 2 is 2.10 bits per heavy atom. The second kappa shape index (κ2) is 9.58. The van der Waals surface area contributed by atoms with E-state index in [9.17, 15) is 10.1 Å². The SMILES string of the molecule is COCC(C)N(Nc1ccc(C#N)c(Nc2cc(C)ns2)c1)C(=O)OC(C)(C)C. The van der Waals surface area contributed by atoms with Crippen LogP contribution < -0.4 is 10.7 Å². The summed E-state index contributed by atoms with van der Waals surface area (Å²) in [5.74, 6) is 0. The minimum absolute atomic E-state index is 0.286. The molecule has 29 heavy (non-hydrogen) atoms. The highest BCUT2D eigenvalue weighted by Crippen LogP contribution is 2.27. The predicted molar refractivity (Wildman–Crippen MR) is 114 cm³/mol. The van der Waals surface area contributed by atoms with Crippen molar-refractivity contribution in [1.82, 2.24) is 9.38 Å². The lowest BCUT2D eigenvalue weighted by atomic mass is 10.1. The molecule has 156 valence electrons. The molecule has 0 fully saturated rings. The molecular weight excluding hydrogens is 390 g/mol. The third-order valence-corrected chi connectivity index (χ3v) is 4.51. The van der Waals surface area contributed by atoms with Gasteiger partial charge < -0.3 is 14.8 Å². The van der Waals surface area contributed by atoms with E-state index in [1.807, 2.05) is 40.7 Å². The Bertz CT molecular complexity index is 885. The van der Waals surface area contributed by atoms with Crippen molar-refractivity contribution in [3.63, 3.8) is 0 Å². The number of hydrogen-bond donors (Lipinski definition) is 2. The fourth-order valence-electron chi connectivity index (χ4n) is 2.47. The second-order valence-electron chi connectivity index (χ2n) is 7.60. The van der Waals surface area contributed by atoms with E-state index in [4.69, 9.17) is 9.47 Å². The van der Waals surface area contributed by atoms with E-state index in [0.717, 1.165) is 10.7 Å². The van der Waals surface area contributed by atoms with Crippen LogP contribution in [0.4, 0.5) is 21.2 Å². The fourth-order valence-corrected chi connectivity index (χ4v) is 3.15. The number of nitriles is 1. The maximum atomic E-state index is 12.7. The Labute approximate surface area is 175 Å². The quantitative estimate of drug-likeness (QED) is 0.632. The van der Waals surface area contributed by atoms with Gasteiger partial charge in [-0.2, -0.15) is 9.64 Å². The number of hydrazine groups is 1. The van der Waals surface area contributed by atoms with Crippen LogP contribution in [-0.4, -0.2) is 40.8 Å². The molecule has 9 heteroatoms. The number of amides is 1. The van der Waals surface area contributed by atoms with Gasteiger partial charge in [-0.3, -0.25) is 5.43 Å². The molecule has 8 nitrogen and oxygen atoms in total. The van der Waals surface area contributed by atoms with E-state index in [0.29, 0.717) is 23.5 Å². The number of anilines is 3. The van der Waals surface area contributed by atoms with E-state index >= 15 is 0 Å². The molecule has 2 aromatic rings. The molecule has 0 saturated carbocycles. The number of methoxy groups -OCH3 is 1. The van der Waals surface area contributed by atoms with E-state index in [1.54, 1.807) is 25.3 Å². The largest absolute Gasteiger partial charge is 0.442 e. The van der Waals surface area contributed by atoms with Crippen molar-refractivity contribution in [2.45, 2.75) is 46.3 Å². The number of rotatable bonds is 7. The number of ether oxygens (including phenoxy) is 2. The van der Waals surface area contributed by atoms with Crippen molar-refractivity contribution in [3.8, 4) is 6.07 Å². The lowest BCUT2D eigenvalue weighted by molar-refractivity contribution is 0.0151. The van der Waals surface area contributed by atoms with Gasteiger partial charge in [-0.15, -0.1) is 0 Å². The Hall–Kier alpha value is -2.83. The average Bonchev–Trinajstić information content (AvgIpc) is 3.03. The molecule has 0 aliphatic carbocycles. The third kappa shape index (κ3) is 6.62. The fraction of sp³-hybridized carbons (Fsp3) is 0.450. The first-order chi connectivity index (χ1) is 13.6. The summed E-state index contributed by atoms with van der Waals surface area (Å²) in [4.78, 5) is 12.7. The van der Waals surface area contributed by atoms with Gasteiger partial charge in [0.1, 0.15) is 16.7 Å². The molecular formula is C20H27N5O3S. The Kier molecular flexibility index (Phi) is 7.42. The first-order valence-corrected chi connectivity index (χ1v) is 9.92. The minimum atomic E-state index is -0.634. The van der Waals surface area contributed by atoms with Crippen molar-refractivity contribution in [2.75, 3.05) is 24.5 Å². The monoisotopic (exact) mass is 417 g/mol. The van der Waals surface area contributed by atoms with Gasteiger partial charge in [0.2, 0.25) is 0 Å². The summed E-state index contributed by atoms with van der Waals surface area (Å²) in [6.07, 6.45) is -0.515. The van der Waals surface area contributed by atoms with Crippen LogP contribution in [-0.2, 0) is 9.47 Å². The minimum Gasteiger partial charge on any atom is -0.442 e. The van der Waals surface area contributed by atoms with Crippen LogP contribution in [0.15, 0.2) is 24.3 Å². The highest BCUT2D eigenvalue weighted by atomic mass is 32.1. The van der Waals surface area contributed by atoms with Gasteiger partial charge in [0.25, 0.3) is 0 Å². The van der Waals surface area contributed by atoms with E-state index in [-0.39, 0.29) is 6.04 Å². The molecule has 1 heterocycles. The van der Waals surface area contributed by atoms with Crippen LogP contribution >= 0.6 is 11.5 Å². The number of nitrogens with one attached hydrogen (secondary N) is 2. The molecule has 1 unspecified atom stereocenters. The van der Waals surface area contributed by atoms with Gasteiger partial charge in [0, 0.05) is 7.11 Å². The summed E-state index contributed by atoms with van der Waals surface area (Å²) >= 11 is 1.31. The molecule has 1 aromatic carbocycles. The third-order valence-electron chi connectivity index (χ3n) is 3.71. The van der Waals surface area contributed by atoms with Gasteiger partial charge in [0.05, 0.1) is 35.3 Å². The number of nitrogens with zero attached hydrogens (tertiary/aromatic N) is 3. The highest BCUT2D eigenvalue weighted by Gasteiger charge is 2.26. The van der Waals surface area contributed by atoms with Crippen molar-refractivity contribution in [1.29, 1.82) is 5.26 Å². The maximum absolute atomic E-state index is 12.7. The molecule has 0 spiro atoms. The summed E-state index contributed by atoms with van der Waals surface area (Å²) in [6, 6.07) is 8.98. The molecule has 1 amide bonds. The van der Waals surface area contributed by atoms with Crippen molar-refractivity contribution >= 4 is 34.0 Å². The first kappa shape index (κ1) is 22.5. The predicted octanol–water partition coefficient (Wildman–Crippen LogP) is 4.67. The van der Waals surface area contributed by atoms with E-state index in [1.165, 1.54) is 16.5 Å². The molecule has 0 aliphatic rings. The van der Waals surface area contributed by atoms with Crippen LogP contribution in [0.1, 0.15) is 39.0 Å². The van der Waals surface area contributed by atoms with Crippen LogP contribution in [0.5, 0.6) is 0 Å². The van der Waals surface area contributed by atoms with Gasteiger partial charge in [-0.1, -0.05) is 0 Å². The van der Waals surface area contributed by atoms with Crippen molar-refractivity contribution < 1.29 is 14.3 Å². The zero-order valence-corrected chi connectivity index (χ0v) is 18.4. The summed E-state index contributed by atoms with van der Waals surface area (Å²) in [5.41, 5.74) is 5.07. The smallest absolute Gasteiger partial charge is 0.429 e. The van der Waals surface area contributed by atoms with Crippen molar-refractivity contribution in [2.24, 2.45) is 0 Å². The number of benzene rings is 1. The van der Waals surface area contributed by atoms with E-state index < -0.39 is 11.7 Å². The second-order valence-corrected chi connectivity index (χ2v) is 8.40. The summed E-state index contributed by atoms with van der Waals surface area (Å²) in [6.45, 7) is 9.51. The normalized spacial score (nSPS) is 12.0. The Morgan fingerprint density at radius 1 is 1.38 bits per heavy atom. The molecule has 1 atom stereocenters. The molecule has 0 bridgehead atoms. The van der Waals surface area contributed by atoms with Crippen molar-refractivity contribution in [3.05, 3.63) is 35.5 Å². The van der Waals surface area contributed by atoms with Crippen LogP contribution in [0.3, 0.4) is 0 Å². The number of hydrogen-bond acceptors (Lipinski definition) is 8. The number of carbonyl (C=O) groups is 1. The Balaban J connectivity index is 2.28. The summed E-state index contributed by atoms with van der Waals surface area (Å²) in [5, 5.41) is 14.9. The molecule has 0 saturated heterocycles. The first-order valence-electron chi connectivity index (χ1n) is 9.15. The van der Waals surface area contributed by atoms with Crippen LogP contribution in [0, 0.1) is 18.3 Å². The summed E-state index contributed by atoms with van der Waals surface area (Å²) < 4.78 is 14.9. The average molecular weight is 418 g/mol. The van der Waals surface area contributed by atoms with Crippen LogP contribution in [0.25, 0.3) is 0 Å². The van der Waals surface area contributed by atoms with Gasteiger partial charge >= 0.3 is 6.09 Å². The number of aryl methyl sites for hydroxylation is 1. The molecule has 2 N–H and O–H groups in total. The lowest BCUT2D eigenvalue weighted by Crippen LogP contribution is -2.47. The number of aromatic nitrogens is 1. The maximum Gasteiger partial charge on any atom is 0.429 e. The Morgan fingerprint density at radius 3 is 2.66 bits per heavy atom. The topological polar surface area (TPSA) is 99.5 Å². The van der Waals surface area contributed by atoms with Gasteiger partial charge in [-0.25, -0.2) is 9.80 Å². The molecule has 0 radical (unpaired) electrons. The van der Waals surface area contributed by atoms with Gasteiger partial charge in [0.15, 0.2) is 0 Å². The summed E-state index contributed by atoms with van der Waals surface area (Å²) in [7, 11) is 1.57. The molecule has 1 aromatic heterocycles. The lowest BCUT2D eigenvalue weighted by Gasteiger charge is -2.32. The van der Waals surface area contributed by atoms with Gasteiger partial charge in [-0.05, 0) is 70.4 Å². The number of carbonyl (C=O) groups excluding carboxylic acids is 1. The standard InChI is InChI=1S/C20H27N5O3S/c1-13-9-18(29-24-13)22-17-10-16(8-7-15(17)11-21)23-25(14(2)12-27-6)19(26)28-20(3,4)5/h7-10,14,22-23H,12H2,1-6H3. The molecule has 0 aliphatic heterocycles. The highest BCUT2D eigenvalue weighted by molar-refractivity contribution is 7.10.